The molecule has 0 saturated heterocycles. The molecule has 3 rings (SSSR count). The molecule has 0 spiro atoms. The number of benzene rings is 1. The van der Waals surface area contributed by atoms with Crippen molar-refractivity contribution in [1.29, 1.82) is 0 Å². The van der Waals surface area contributed by atoms with Crippen LogP contribution in [-0.4, -0.2) is 20.6 Å². The molecule has 3 aromatic rings. The van der Waals surface area contributed by atoms with Crippen LogP contribution in [0.4, 0.5) is 0 Å². The second-order valence-electron chi connectivity index (χ2n) is 4.67. The Morgan fingerprint density at radius 2 is 2.14 bits per heavy atom. The maximum Gasteiger partial charge on any atom is 0.170 e. The Hall–Kier alpha value is -2.34. The number of nitrogens with zero attached hydrogens (tertiary/aromatic N) is 3. The summed E-state index contributed by atoms with van der Waals surface area (Å²) < 4.78 is 3.04. The Morgan fingerprint density at radius 1 is 1.29 bits per heavy atom. The van der Waals surface area contributed by atoms with E-state index in [0.29, 0.717) is 12.1 Å². The molecule has 5 nitrogen and oxygen atoms in total. The molecule has 21 heavy (non-hydrogen) atoms. The van der Waals surface area contributed by atoms with Crippen molar-refractivity contribution in [2.75, 3.05) is 0 Å². The zero-order valence-electron chi connectivity index (χ0n) is 11.1. The Kier molecular flexibility index (Phi) is 3.62. The van der Waals surface area contributed by atoms with E-state index in [4.69, 9.17) is 10.9 Å². The van der Waals surface area contributed by atoms with Gasteiger partial charge in [0.05, 0.1) is 12.2 Å². The number of halogens is 1. The predicted molar refractivity (Wildman–Crippen MR) is 85.5 cm³/mol. The summed E-state index contributed by atoms with van der Waals surface area (Å²) in [7, 11) is 0. The Labute approximate surface area is 129 Å². The number of fused-ring (bicyclic) bond motifs is 1. The second-order valence-corrected chi connectivity index (χ2v) is 5.59. The molecule has 0 aliphatic heterocycles. The lowest BCUT2D eigenvalue weighted by molar-refractivity contribution is 0.318. The number of hydrogen-bond donors (Lipinski definition) is 2. The van der Waals surface area contributed by atoms with Crippen molar-refractivity contribution in [2.24, 2.45) is 10.9 Å². The van der Waals surface area contributed by atoms with Crippen molar-refractivity contribution < 1.29 is 5.21 Å². The van der Waals surface area contributed by atoms with E-state index in [-0.39, 0.29) is 5.84 Å². The zero-order valence-corrected chi connectivity index (χ0v) is 12.7. The summed E-state index contributed by atoms with van der Waals surface area (Å²) in [5.74, 6) is 0.103. The molecule has 2 heterocycles. The van der Waals surface area contributed by atoms with Crippen molar-refractivity contribution in [3.8, 4) is 0 Å². The van der Waals surface area contributed by atoms with Crippen LogP contribution in [0.15, 0.2) is 58.4 Å². The van der Waals surface area contributed by atoms with Crippen molar-refractivity contribution in [3.63, 3.8) is 0 Å². The van der Waals surface area contributed by atoms with Crippen LogP contribution in [0.1, 0.15) is 11.3 Å². The van der Waals surface area contributed by atoms with Gasteiger partial charge in [-0.15, -0.1) is 0 Å². The largest absolute Gasteiger partial charge is 0.409 e. The van der Waals surface area contributed by atoms with Crippen LogP contribution in [0.5, 0.6) is 0 Å². The third kappa shape index (κ3) is 2.75. The van der Waals surface area contributed by atoms with E-state index < -0.39 is 0 Å². The number of pyridine rings is 1. The van der Waals surface area contributed by atoms with E-state index >= 15 is 0 Å². The minimum absolute atomic E-state index is 0.103. The first-order chi connectivity index (χ1) is 10.2. The average Bonchev–Trinajstić information content (AvgIpc) is 2.91. The lowest BCUT2D eigenvalue weighted by Gasteiger charge is -2.06. The quantitative estimate of drug-likeness (QED) is 0.332. The fourth-order valence-corrected chi connectivity index (χ4v) is 2.45. The van der Waals surface area contributed by atoms with Gasteiger partial charge in [0.2, 0.25) is 0 Å². The molecular formula is C15H13BrN4O. The molecule has 3 N–H and O–H groups in total. The van der Waals surface area contributed by atoms with Gasteiger partial charge in [0.1, 0.15) is 0 Å². The van der Waals surface area contributed by atoms with E-state index in [1.165, 1.54) is 0 Å². The molecule has 0 saturated carbocycles. The number of hydrogen-bond acceptors (Lipinski definition) is 3. The maximum absolute atomic E-state index is 8.78. The van der Waals surface area contributed by atoms with Gasteiger partial charge in [-0.1, -0.05) is 17.3 Å². The summed E-state index contributed by atoms with van der Waals surface area (Å²) in [6.45, 7) is 0.663. The highest BCUT2D eigenvalue weighted by Crippen LogP contribution is 2.19. The van der Waals surface area contributed by atoms with Crippen molar-refractivity contribution >= 4 is 32.7 Å². The number of aromatic nitrogens is 2. The molecule has 0 amide bonds. The van der Waals surface area contributed by atoms with Crippen LogP contribution in [0.2, 0.25) is 0 Å². The van der Waals surface area contributed by atoms with Gasteiger partial charge in [-0.05, 0) is 45.6 Å². The fourth-order valence-electron chi connectivity index (χ4n) is 2.21. The van der Waals surface area contributed by atoms with Gasteiger partial charge >= 0.3 is 0 Å². The van der Waals surface area contributed by atoms with Crippen LogP contribution in [0, 0.1) is 0 Å². The second kappa shape index (κ2) is 5.57. The third-order valence-electron chi connectivity index (χ3n) is 3.30. The smallest absolute Gasteiger partial charge is 0.170 e. The van der Waals surface area contributed by atoms with Gasteiger partial charge in [0.15, 0.2) is 5.84 Å². The van der Waals surface area contributed by atoms with Gasteiger partial charge in [0.25, 0.3) is 0 Å². The van der Waals surface area contributed by atoms with E-state index in [1.54, 1.807) is 6.20 Å². The first-order valence-electron chi connectivity index (χ1n) is 6.34. The highest BCUT2D eigenvalue weighted by Gasteiger charge is 2.06. The number of oxime groups is 1. The van der Waals surface area contributed by atoms with Gasteiger partial charge in [0, 0.05) is 27.9 Å². The zero-order chi connectivity index (χ0) is 14.8. The molecule has 1 aromatic carbocycles. The predicted octanol–water partition coefficient (Wildman–Crippen LogP) is 2.94. The number of nitrogens with two attached hydrogens (primary N) is 1. The highest BCUT2D eigenvalue weighted by atomic mass is 79.9. The molecule has 0 bridgehead atoms. The van der Waals surface area contributed by atoms with Crippen molar-refractivity contribution in [1.82, 2.24) is 9.55 Å². The van der Waals surface area contributed by atoms with Crippen molar-refractivity contribution in [2.45, 2.75) is 6.54 Å². The monoisotopic (exact) mass is 344 g/mol. The first-order valence-corrected chi connectivity index (χ1v) is 7.14. The summed E-state index contributed by atoms with van der Waals surface area (Å²) in [5.41, 5.74) is 8.32. The first kappa shape index (κ1) is 13.6. The van der Waals surface area contributed by atoms with Gasteiger partial charge in [-0.2, -0.15) is 0 Å². The lowest BCUT2D eigenvalue weighted by Crippen LogP contribution is -2.13. The summed E-state index contributed by atoms with van der Waals surface area (Å²) in [5, 5.41) is 12.9. The Bertz CT molecular complexity index is 808. The standard InChI is InChI=1S/C15H13BrN4O/c16-12-3-4-13(18-8-12)9-20-6-5-10-1-2-11(7-14(10)20)15(17)19-21/h1-8,21H,9H2,(H2,17,19). The summed E-state index contributed by atoms with van der Waals surface area (Å²) >= 11 is 3.38. The Balaban J connectivity index is 2.00. The van der Waals surface area contributed by atoms with Crippen LogP contribution >= 0.6 is 15.9 Å². The maximum atomic E-state index is 8.78. The van der Waals surface area contributed by atoms with Gasteiger partial charge in [-0.3, -0.25) is 4.98 Å². The van der Waals surface area contributed by atoms with E-state index in [9.17, 15) is 0 Å². The van der Waals surface area contributed by atoms with Crippen LogP contribution in [0.25, 0.3) is 10.9 Å². The van der Waals surface area contributed by atoms with Gasteiger partial charge in [-0.25, -0.2) is 0 Å². The molecule has 0 radical (unpaired) electrons. The molecule has 2 aromatic heterocycles. The molecule has 6 heteroatoms. The molecular weight excluding hydrogens is 332 g/mol. The van der Waals surface area contributed by atoms with Crippen LogP contribution in [-0.2, 0) is 6.54 Å². The minimum Gasteiger partial charge on any atom is -0.409 e. The molecule has 106 valence electrons. The van der Waals surface area contributed by atoms with E-state index in [1.807, 2.05) is 42.6 Å². The molecule has 0 atom stereocenters. The molecule has 0 aliphatic carbocycles. The normalized spacial score (nSPS) is 12.0. The lowest BCUT2D eigenvalue weighted by atomic mass is 10.1. The van der Waals surface area contributed by atoms with E-state index in [2.05, 4.69) is 30.6 Å². The minimum atomic E-state index is 0.103. The third-order valence-corrected chi connectivity index (χ3v) is 3.77. The summed E-state index contributed by atoms with van der Waals surface area (Å²) in [4.78, 5) is 4.38. The average molecular weight is 345 g/mol. The Morgan fingerprint density at radius 3 is 2.86 bits per heavy atom. The highest BCUT2D eigenvalue weighted by molar-refractivity contribution is 9.10. The molecule has 0 unspecified atom stereocenters. The summed E-state index contributed by atoms with van der Waals surface area (Å²) in [6.07, 6.45) is 3.79. The van der Waals surface area contributed by atoms with Crippen LogP contribution in [0.3, 0.4) is 0 Å². The van der Waals surface area contributed by atoms with E-state index in [0.717, 1.165) is 21.1 Å². The summed E-state index contributed by atoms with van der Waals surface area (Å²) in [6, 6.07) is 11.7. The van der Waals surface area contributed by atoms with Crippen molar-refractivity contribution in [3.05, 3.63) is 64.5 Å². The molecule has 0 fully saturated rings. The topological polar surface area (TPSA) is 76.4 Å². The van der Waals surface area contributed by atoms with Gasteiger partial charge < -0.3 is 15.5 Å². The SMILES string of the molecule is N/C(=N/O)c1ccc2ccn(Cc3ccc(Br)cn3)c2c1. The molecule has 0 aliphatic rings. The fraction of sp³-hybridized carbons (Fsp3) is 0.0667. The number of rotatable bonds is 3. The number of amidine groups is 1. The van der Waals surface area contributed by atoms with Crippen LogP contribution < -0.4 is 5.73 Å².